The number of hydrogen-bond donors (Lipinski definition) is 2. The molecular formula is C16H24N2O3. The van der Waals surface area contributed by atoms with Gasteiger partial charge in [-0.15, -0.1) is 6.58 Å². The molecular weight excluding hydrogens is 268 g/mol. The van der Waals surface area contributed by atoms with Gasteiger partial charge in [-0.2, -0.15) is 0 Å². The molecule has 0 aliphatic rings. The standard InChI is InChI=1S/C16H24N2O3/c1-5-10-18-16(19)12(3)21-15-13(11-17-6-2)8-7-9-14(15)20-4/h5,7-9,12,17H,1,6,10-11H2,2-4H3,(H,18,19). The van der Waals surface area contributed by atoms with Crippen molar-refractivity contribution in [3.63, 3.8) is 0 Å². The van der Waals surface area contributed by atoms with Crippen molar-refractivity contribution in [2.75, 3.05) is 20.2 Å². The Labute approximate surface area is 126 Å². The third-order valence-electron chi connectivity index (χ3n) is 2.93. The number of amides is 1. The van der Waals surface area contributed by atoms with Crippen LogP contribution in [0.5, 0.6) is 11.5 Å². The summed E-state index contributed by atoms with van der Waals surface area (Å²) < 4.78 is 11.1. The van der Waals surface area contributed by atoms with E-state index < -0.39 is 6.10 Å². The fourth-order valence-corrected chi connectivity index (χ4v) is 1.80. The molecule has 1 unspecified atom stereocenters. The number of benzene rings is 1. The highest BCUT2D eigenvalue weighted by Gasteiger charge is 2.18. The van der Waals surface area contributed by atoms with Gasteiger partial charge in [-0.25, -0.2) is 0 Å². The molecule has 2 N–H and O–H groups in total. The summed E-state index contributed by atoms with van der Waals surface area (Å²) in [5.74, 6) is 1.03. The molecule has 116 valence electrons. The molecule has 0 fully saturated rings. The van der Waals surface area contributed by atoms with Gasteiger partial charge in [-0.1, -0.05) is 25.1 Å². The number of nitrogens with one attached hydrogen (secondary N) is 2. The minimum Gasteiger partial charge on any atom is -0.493 e. The molecule has 0 heterocycles. The molecule has 0 aromatic heterocycles. The largest absolute Gasteiger partial charge is 0.493 e. The van der Waals surface area contributed by atoms with Gasteiger partial charge in [0.05, 0.1) is 7.11 Å². The minimum atomic E-state index is -0.610. The Kier molecular flexibility index (Phi) is 7.32. The van der Waals surface area contributed by atoms with Crippen molar-refractivity contribution in [2.24, 2.45) is 0 Å². The van der Waals surface area contributed by atoms with Crippen LogP contribution in [0.2, 0.25) is 0 Å². The van der Waals surface area contributed by atoms with Crippen molar-refractivity contribution < 1.29 is 14.3 Å². The molecule has 1 aromatic rings. The Morgan fingerprint density at radius 1 is 1.48 bits per heavy atom. The zero-order chi connectivity index (χ0) is 15.7. The molecule has 1 aromatic carbocycles. The summed E-state index contributed by atoms with van der Waals surface area (Å²) in [5, 5.41) is 5.96. The lowest BCUT2D eigenvalue weighted by molar-refractivity contribution is -0.127. The highest BCUT2D eigenvalue weighted by molar-refractivity contribution is 5.81. The summed E-state index contributed by atoms with van der Waals surface area (Å²) in [6.07, 6.45) is 1.02. The summed E-state index contributed by atoms with van der Waals surface area (Å²) >= 11 is 0. The summed E-state index contributed by atoms with van der Waals surface area (Å²) in [5.41, 5.74) is 0.958. The molecule has 1 atom stereocenters. The number of rotatable bonds is 9. The van der Waals surface area contributed by atoms with Crippen LogP contribution in [0.4, 0.5) is 0 Å². The molecule has 5 heteroatoms. The average Bonchev–Trinajstić information content (AvgIpc) is 2.51. The number of carbonyl (C=O) groups excluding carboxylic acids is 1. The molecule has 0 spiro atoms. The van der Waals surface area contributed by atoms with Crippen molar-refractivity contribution in [1.29, 1.82) is 0 Å². The van der Waals surface area contributed by atoms with Crippen LogP contribution in [0, 0.1) is 0 Å². The minimum absolute atomic E-state index is 0.185. The molecule has 0 aliphatic carbocycles. The smallest absolute Gasteiger partial charge is 0.261 e. The highest BCUT2D eigenvalue weighted by atomic mass is 16.5. The summed E-state index contributed by atoms with van der Waals surface area (Å²) in [7, 11) is 1.58. The van der Waals surface area contributed by atoms with E-state index in [1.54, 1.807) is 20.1 Å². The predicted octanol–water partition coefficient (Wildman–Crippen LogP) is 1.87. The first-order valence-electron chi connectivity index (χ1n) is 7.05. The SMILES string of the molecule is C=CCNC(=O)C(C)Oc1c(CNCC)cccc1OC. The van der Waals surface area contributed by atoms with Gasteiger partial charge < -0.3 is 20.1 Å². The van der Waals surface area contributed by atoms with Crippen LogP contribution in [-0.2, 0) is 11.3 Å². The fraction of sp³-hybridized carbons (Fsp3) is 0.438. The van der Waals surface area contributed by atoms with E-state index in [9.17, 15) is 4.79 Å². The number of hydrogen-bond acceptors (Lipinski definition) is 4. The van der Waals surface area contributed by atoms with Crippen molar-refractivity contribution in [1.82, 2.24) is 10.6 Å². The second kappa shape index (κ2) is 9.02. The van der Waals surface area contributed by atoms with Crippen molar-refractivity contribution >= 4 is 5.91 Å². The molecule has 1 amide bonds. The molecule has 5 nitrogen and oxygen atoms in total. The summed E-state index contributed by atoms with van der Waals surface area (Å²) in [4.78, 5) is 11.9. The third kappa shape index (κ3) is 5.11. The normalized spacial score (nSPS) is 11.6. The maximum absolute atomic E-state index is 11.9. The lowest BCUT2D eigenvalue weighted by Crippen LogP contribution is -2.36. The Balaban J connectivity index is 2.88. The Bertz CT molecular complexity index is 475. The van der Waals surface area contributed by atoms with Crippen molar-refractivity contribution in [3.05, 3.63) is 36.4 Å². The van der Waals surface area contributed by atoms with Crippen LogP contribution in [0.15, 0.2) is 30.9 Å². The first-order valence-corrected chi connectivity index (χ1v) is 7.05. The number of carbonyl (C=O) groups is 1. The first kappa shape index (κ1) is 17.0. The predicted molar refractivity (Wildman–Crippen MR) is 83.7 cm³/mol. The molecule has 0 aliphatic heterocycles. The van der Waals surface area contributed by atoms with Gasteiger partial charge in [0.2, 0.25) is 0 Å². The second-order valence-electron chi connectivity index (χ2n) is 4.52. The van der Waals surface area contributed by atoms with Crippen LogP contribution < -0.4 is 20.1 Å². The van der Waals surface area contributed by atoms with Crippen LogP contribution in [0.25, 0.3) is 0 Å². The zero-order valence-corrected chi connectivity index (χ0v) is 12.9. The molecule has 1 rings (SSSR count). The molecule has 0 saturated heterocycles. The average molecular weight is 292 g/mol. The van der Waals surface area contributed by atoms with E-state index in [0.717, 1.165) is 12.1 Å². The number of ether oxygens (including phenoxy) is 2. The zero-order valence-electron chi connectivity index (χ0n) is 12.9. The van der Waals surface area contributed by atoms with Crippen LogP contribution in [-0.4, -0.2) is 32.2 Å². The highest BCUT2D eigenvalue weighted by Crippen LogP contribution is 2.32. The van der Waals surface area contributed by atoms with E-state index in [1.165, 1.54) is 0 Å². The molecule has 0 radical (unpaired) electrons. The maximum atomic E-state index is 11.9. The summed E-state index contributed by atoms with van der Waals surface area (Å²) in [6.45, 7) is 9.24. The van der Waals surface area contributed by atoms with E-state index in [2.05, 4.69) is 17.2 Å². The van der Waals surface area contributed by atoms with Crippen molar-refractivity contribution in [2.45, 2.75) is 26.5 Å². The van der Waals surface area contributed by atoms with Crippen molar-refractivity contribution in [3.8, 4) is 11.5 Å². The lowest BCUT2D eigenvalue weighted by atomic mass is 10.1. The van der Waals surface area contributed by atoms with E-state index in [0.29, 0.717) is 24.6 Å². The van der Waals surface area contributed by atoms with Gasteiger partial charge in [0.15, 0.2) is 17.6 Å². The van der Waals surface area contributed by atoms with Crippen LogP contribution in [0.3, 0.4) is 0 Å². The van der Waals surface area contributed by atoms with Gasteiger partial charge in [-0.05, 0) is 19.5 Å². The maximum Gasteiger partial charge on any atom is 0.261 e. The quantitative estimate of drug-likeness (QED) is 0.682. The van der Waals surface area contributed by atoms with Gasteiger partial charge >= 0.3 is 0 Å². The monoisotopic (exact) mass is 292 g/mol. The molecule has 0 bridgehead atoms. The van der Waals surface area contributed by atoms with E-state index in [4.69, 9.17) is 9.47 Å². The lowest BCUT2D eigenvalue weighted by Gasteiger charge is -2.19. The van der Waals surface area contributed by atoms with Gasteiger partial charge in [0.1, 0.15) is 0 Å². The van der Waals surface area contributed by atoms with E-state index >= 15 is 0 Å². The topological polar surface area (TPSA) is 59.6 Å². The van der Waals surface area contributed by atoms with Gasteiger partial charge in [0, 0.05) is 18.7 Å². The number of para-hydroxylation sites is 1. The van der Waals surface area contributed by atoms with E-state index in [1.807, 2.05) is 25.1 Å². The van der Waals surface area contributed by atoms with Gasteiger partial charge in [-0.3, -0.25) is 4.79 Å². The fourth-order valence-electron chi connectivity index (χ4n) is 1.80. The number of methoxy groups -OCH3 is 1. The third-order valence-corrected chi connectivity index (χ3v) is 2.93. The van der Waals surface area contributed by atoms with E-state index in [-0.39, 0.29) is 5.91 Å². The van der Waals surface area contributed by atoms with Gasteiger partial charge in [0.25, 0.3) is 5.91 Å². The first-order chi connectivity index (χ1) is 10.1. The Morgan fingerprint density at radius 2 is 2.24 bits per heavy atom. The second-order valence-corrected chi connectivity index (χ2v) is 4.52. The molecule has 21 heavy (non-hydrogen) atoms. The Morgan fingerprint density at radius 3 is 2.86 bits per heavy atom. The van der Waals surface area contributed by atoms with Crippen LogP contribution >= 0.6 is 0 Å². The summed E-state index contributed by atoms with van der Waals surface area (Å²) in [6, 6.07) is 5.68. The Hall–Kier alpha value is -2.01. The van der Waals surface area contributed by atoms with Crippen LogP contribution in [0.1, 0.15) is 19.4 Å². The molecule has 0 saturated carbocycles.